The van der Waals surface area contributed by atoms with Crippen molar-refractivity contribution in [2.45, 2.75) is 19.4 Å². The van der Waals surface area contributed by atoms with Gasteiger partial charge in [0.2, 0.25) is 0 Å². The lowest BCUT2D eigenvalue weighted by molar-refractivity contribution is 0.483. The predicted molar refractivity (Wildman–Crippen MR) is 43.5 cm³/mol. The molecule has 1 nitrogen and oxygen atoms in total. The first-order chi connectivity index (χ1) is 6.06. The minimum Gasteiger partial charge on any atom is -0.324 e. The summed E-state index contributed by atoms with van der Waals surface area (Å²) in [5.41, 5.74) is 5.50. The molecule has 0 radical (unpaired) electrons. The Morgan fingerprint density at radius 3 is 2.23 bits per heavy atom. The highest BCUT2D eigenvalue weighted by atomic mass is 19.2. The van der Waals surface area contributed by atoms with Gasteiger partial charge in [0.05, 0.1) is 0 Å². The Morgan fingerprint density at radius 1 is 1.15 bits per heavy atom. The van der Waals surface area contributed by atoms with Crippen LogP contribution >= 0.6 is 0 Å². The Bertz CT molecular complexity index is 312. The second-order valence-electron chi connectivity index (χ2n) is 2.80. The van der Waals surface area contributed by atoms with E-state index >= 15 is 0 Å². The van der Waals surface area contributed by atoms with Crippen LogP contribution < -0.4 is 5.73 Å². The Labute approximate surface area is 74.4 Å². The zero-order valence-electron chi connectivity index (χ0n) is 7.15. The predicted octanol–water partition coefficient (Wildman–Crippen LogP) is 2.51. The molecule has 0 saturated carbocycles. The topological polar surface area (TPSA) is 26.0 Å². The van der Waals surface area contributed by atoms with Crippen LogP contribution in [0.15, 0.2) is 12.1 Å². The first kappa shape index (κ1) is 10.1. The zero-order chi connectivity index (χ0) is 10.0. The van der Waals surface area contributed by atoms with E-state index in [1.807, 2.05) is 0 Å². The van der Waals surface area contributed by atoms with E-state index in [9.17, 15) is 13.2 Å². The van der Waals surface area contributed by atoms with Gasteiger partial charge in [-0.3, -0.25) is 0 Å². The van der Waals surface area contributed by atoms with Gasteiger partial charge in [-0.15, -0.1) is 0 Å². The third-order valence-electron chi connectivity index (χ3n) is 1.88. The molecule has 0 spiro atoms. The largest absolute Gasteiger partial charge is 0.324 e. The summed E-state index contributed by atoms with van der Waals surface area (Å²) >= 11 is 0. The lowest BCUT2D eigenvalue weighted by atomic mass is 10.0. The molecular weight excluding hydrogens is 179 g/mol. The molecule has 0 heterocycles. The van der Waals surface area contributed by atoms with Gasteiger partial charge in [0, 0.05) is 17.7 Å². The highest BCUT2D eigenvalue weighted by molar-refractivity contribution is 5.22. The molecule has 0 aromatic heterocycles. The molecule has 0 aliphatic heterocycles. The second-order valence-corrected chi connectivity index (χ2v) is 2.80. The minimum atomic E-state index is -1.19. The zero-order valence-corrected chi connectivity index (χ0v) is 7.15. The van der Waals surface area contributed by atoms with Gasteiger partial charge in [-0.1, -0.05) is 6.92 Å². The second kappa shape index (κ2) is 3.79. The quantitative estimate of drug-likeness (QED) is 0.711. The van der Waals surface area contributed by atoms with Crippen molar-refractivity contribution in [3.8, 4) is 0 Å². The van der Waals surface area contributed by atoms with Crippen molar-refractivity contribution in [1.82, 2.24) is 0 Å². The normalized spacial score (nSPS) is 13.0. The molecule has 0 aliphatic rings. The number of halogens is 3. The van der Waals surface area contributed by atoms with Gasteiger partial charge in [0.15, 0.2) is 11.6 Å². The third kappa shape index (κ3) is 2.01. The van der Waals surface area contributed by atoms with Crippen LogP contribution in [-0.4, -0.2) is 0 Å². The third-order valence-corrected chi connectivity index (χ3v) is 1.88. The van der Waals surface area contributed by atoms with E-state index in [4.69, 9.17) is 5.73 Å². The van der Waals surface area contributed by atoms with E-state index in [0.29, 0.717) is 12.5 Å². The monoisotopic (exact) mass is 189 g/mol. The molecule has 0 unspecified atom stereocenters. The maximum absolute atomic E-state index is 13.0. The first-order valence-electron chi connectivity index (χ1n) is 3.96. The minimum absolute atomic E-state index is 0.0152. The van der Waals surface area contributed by atoms with Crippen LogP contribution in [-0.2, 0) is 0 Å². The molecule has 72 valence electrons. The van der Waals surface area contributed by atoms with E-state index in [1.165, 1.54) is 0 Å². The molecule has 4 heteroatoms. The summed E-state index contributed by atoms with van der Waals surface area (Å²) in [6.07, 6.45) is 0.474. The summed E-state index contributed by atoms with van der Waals surface area (Å²) in [5.74, 6) is -3.06. The Morgan fingerprint density at radius 2 is 1.69 bits per heavy atom. The van der Waals surface area contributed by atoms with Crippen LogP contribution in [0.1, 0.15) is 24.9 Å². The number of nitrogens with two attached hydrogens (primary N) is 1. The standard InChI is InChI=1S/C9H10F3N/c1-2-9(13)5-3-7(11)8(12)4-6(5)10/h3-4,9H,2,13H2,1H3/t9-/m1/s1. The Hall–Kier alpha value is -1.03. The van der Waals surface area contributed by atoms with Gasteiger partial charge in [-0.2, -0.15) is 0 Å². The van der Waals surface area contributed by atoms with E-state index in [1.54, 1.807) is 6.92 Å². The fourth-order valence-corrected chi connectivity index (χ4v) is 1.04. The molecule has 0 bridgehead atoms. The summed E-state index contributed by atoms with van der Waals surface area (Å²) in [7, 11) is 0. The van der Waals surface area contributed by atoms with Crippen LogP contribution in [0.3, 0.4) is 0 Å². The average Bonchev–Trinajstić information content (AvgIpc) is 2.10. The van der Waals surface area contributed by atoms with Gasteiger partial charge in [-0.05, 0) is 12.5 Å². The SMILES string of the molecule is CC[C@@H](N)c1cc(F)c(F)cc1F. The van der Waals surface area contributed by atoms with Gasteiger partial charge in [0.1, 0.15) is 5.82 Å². The molecule has 13 heavy (non-hydrogen) atoms. The molecule has 0 saturated heterocycles. The van der Waals surface area contributed by atoms with Crippen LogP contribution in [0, 0.1) is 17.5 Å². The summed E-state index contributed by atoms with van der Waals surface area (Å²) in [4.78, 5) is 0. The lowest BCUT2D eigenvalue weighted by Crippen LogP contribution is -2.11. The Kier molecular flexibility index (Phi) is 2.93. The summed E-state index contributed by atoms with van der Waals surface area (Å²) in [5, 5.41) is 0. The van der Waals surface area contributed by atoms with Crippen molar-refractivity contribution in [2.75, 3.05) is 0 Å². The molecule has 0 fully saturated rings. The Balaban J connectivity index is 3.15. The highest BCUT2D eigenvalue weighted by Gasteiger charge is 2.13. The van der Waals surface area contributed by atoms with Crippen molar-refractivity contribution in [2.24, 2.45) is 5.73 Å². The molecule has 0 aliphatic carbocycles. The van der Waals surface area contributed by atoms with Crippen LogP contribution in [0.2, 0.25) is 0 Å². The van der Waals surface area contributed by atoms with Crippen molar-refractivity contribution < 1.29 is 13.2 Å². The first-order valence-corrected chi connectivity index (χ1v) is 3.96. The van der Waals surface area contributed by atoms with E-state index < -0.39 is 23.5 Å². The van der Waals surface area contributed by atoms with Crippen LogP contribution in [0.5, 0.6) is 0 Å². The molecule has 1 rings (SSSR count). The molecular formula is C9H10F3N. The number of rotatable bonds is 2. The molecule has 1 aromatic carbocycles. The summed E-state index contributed by atoms with van der Waals surface area (Å²) in [6.45, 7) is 1.74. The van der Waals surface area contributed by atoms with Gasteiger partial charge < -0.3 is 5.73 Å². The summed E-state index contributed by atoms with van der Waals surface area (Å²) in [6, 6.07) is 0.731. The van der Waals surface area contributed by atoms with Crippen molar-refractivity contribution >= 4 is 0 Å². The lowest BCUT2D eigenvalue weighted by Gasteiger charge is -2.10. The smallest absolute Gasteiger partial charge is 0.161 e. The molecule has 2 N–H and O–H groups in total. The molecule has 0 amide bonds. The molecule has 1 aromatic rings. The summed E-state index contributed by atoms with van der Waals surface area (Å²) < 4.78 is 38.1. The van der Waals surface area contributed by atoms with Crippen LogP contribution in [0.25, 0.3) is 0 Å². The fraction of sp³-hybridized carbons (Fsp3) is 0.333. The maximum Gasteiger partial charge on any atom is 0.161 e. The van der Waals surface area contributed by atoms with Crippen molar-refractivity contribution in [3.05, 3.63) is 35.1 Å². The number of benzene rings is 1. The highest BCUT2D eigenvalue weighted by Crippen LogP contribution is 2.20. The fourth-order valence-electron chi connectivity index (χ4n) is 1.04. The van der Waals surface area contributed by atoms with E-state index in [-0.39, 0.29) is 5.56 Å². The van der Waals surface area contributed by atoms with Gasteiger partial charge in [0.25, 0.3) is 0 Å². The van der Waals surface area contributed by atoms with Gasteiger partial charge in [-0.25, -0.2) is 13.2 Å². The van der Waals surface area contributed by atoms with E-state index in [2.05, 4.69) is 0 Å². The van der Waals surface area contributed by atoms with Crippen LogP contribution in [0.4, 0.5) is 13.2 Å². The van der Waals surface area contributed by atoms with Crippen molar-refractivity contribution in [1.29, 1.82) is 0 Å². The maximum atomic E-state index is 13.0. The average molecular weight is 189 g/mol. The van der Waals surface area contributed by atoms with E-state index in [0.717, 1.165) is 6.07 Å². The van der Waals surface area contributed by atoms with Crippen molar-refractivity contribution in [3.63, 3.8) is 0 Å². The van der Waals surface area contributed by atoms with Gasteiger partial charge >= 0.3 is 0 Å². The molecule has 1 atom stereocenters. The number of hydrogen-bond donors (Lipinski definition) is 1. The number of hydrogen-bond acceptors (Lipinski definition) is 1.